The van der Waals surface area contributed by atoms with E-state index in [-0.39, 0.29) is 27.8 Å². The first kappa shape index (κ1) is 23.2. The highest BCUT2D eigenvalue weighted by molar-refractivity contribution is 7.92. The van der Waals surface area contributed by atoms with Crippen LogP contribution in [-0.2, 0) is 20.0 Å². The summed E-state index contributed by atoms with van der Waals surface area (Å²) in [4.78, 5) is -0.0734. The summed E-state index contributed by atoms with van der Waals surface area (Å²) in [6.45, 7) is 6.81. The van der Waals surface area contributed by atoms with Crippen LogP contribution < -0.4 is 18.9 Å². The van der Waals surface area contributed by atoms with Crippen LogP contribution in [0.2, 0.25) is 0 Å². The average Bonchev–Trinajstić information content (AvgIpc) is 2.75. The van der Waals surface area contributed by atoms with Gasteiger partial charge in [0, 0.05) is 19.2 Å². The van der Waals surface area contributed by atoms with Crippen LogP contribution in [0.4, 0.5) is 5.69 Å². The number of hydrogen-bond acceptors (Lipinski definition) is 7. The maximum absolute atomic E-state index is 13.0. The molecule has 0 aliphatic carbocycles. The molecule has 170 valence electrons. The second-order valence-corrected chi connectivity index (χ2v) is 10.2. The molecule has 1 aliphatic heterocycles. The van der Waals surface area contributed by atoms with Crippen LogP contribution in [0.3, 0.4) is 0 Å². The van der Waals surface area contributed by atoms with E-state index in [9.17, 15) is 16.8 Å². The minimum absolute atomic E-state index is 0.0282. The molecular weight excluding hydrogens is 444 g/mol. The zero-order valence-corrected chi connectivity index (χ0v) is 19.3. The Kier molecular flexibility index (Phi) is 6.97. The smallest absolute Gasteiger partial charge is 0.262 e. The molecule has 2 aromatic rings. The van der Waals surface area contributed by atoms with Gasteiger partial charge in [-0.15, -0.1) is 0 Å². The monoisotopic (exact) mass is 470 g/mol. The summed E-state index contributed by atoms with van der Waals surface area (Å²) in [5.41, 5.74) is 0.0324. The molecule has 0 atom stereocenters. The molecule has 31 heavy (non-hydrogen) atoms. The van der Waals surface area contributed by atoms with E-state index >= 15 is 0 Å². The lowest BCUT2D eigenvalue weighted by molar-refractivity contribution is 0.171. The Morgan fingerprint density at radius 1 is 0.903 bits per heavy atom. The summed E-state index contributed by atoms with van der Waals surface area (Å²) in [5, 5.41) is 0. The fraction of sp³-hybridized carbons (Fsp3) is 0.400. The molecule has 1 aliphatic rings. The largest absolute Gasteiger partial charge is 0.492 e. The van der Waals surface area contributed by atoms with Crippen molar-refractivity contribution in [2.75, 3.05) is 37.6 Å². The Labute approximate surface area is 183 Å². The maximum Gasteiger partial charge on any atom is 0.262 e. The quantitative estimate of drug-likeness (QED) is 0.600. The zero-order chi connectivity index (χ0) is 22.6. The lowest BCUT2D eigenvalue weighted by Crippen LogP contribution is -2.30. The predicted octanol–water partition coefficient (Wildman–Crippen LogP) is 2.69. The summed E-state index contributed by atoms with van der Waals surface area (Å²) >= 11 is 0. The van der Waals surface area contributed by atoms with Crippen LogP contribution in [-0.4, -0.2) is 54.1 Å². The summed E-state index contributed by atoms with van der Waals surface area (Å²) in [5.74, 6) is 1.02. The minimum Gasteiger partial charge on any atom is -0.492 e. The van der Waals surface area contributed by atoms with E-state index in [4.69, 9.17) is 14.2 Å². The Morgan fingerprint density at radius 2 is 1.55 bits per heavy atom. The molecule has 0 saturated carbocycles. The van der Waals surface area contributed by atoms with Gasteiger partial charge in [-0.2, -0.15) is 4.31 Å². The van der Waals surface area contributed by atoms with Crippen molar-refractivity contribution in [1.29, 1.82) is 0 Å². The minimum atomic E-state index is -4.06. The van der Waals surface area contributed by atoms with Crippen molar-refractivity contribution < 1.29 is 31.0 Å². The Bertz CT molecular complexity index is 1140. The fourth-order valence-electron chi connectivity index (χ4n) is 3.14. The summed E-state index contributed by atoms with van der Waals surface area (Å²) < 4.78 is 72.0. The number of nitrogens with one attached hydrogen (secondary N) is 1. The van der Waals surface area contributed by atoms with Crippen LogP contribution in [0, 0.1) is 0 Å². The highest BCUT2D eigenvalue weighted by atomic mass is 32.2. The number of benzene rings is 2. The molecule has 0 radical (unpaired) electrons. The third-order valence-electron chi connectivity index (χ3n) is 4.66. The molecule has 1 heterocycles. The van der Waals surface area contributed by atoms with Crippen molar-refractivity contribution in [3.05, 3.63) is 36.4 Å². The first-order valence-electron chi connectivity index (χ1n) is 9.92. The van der Waals surface area contributed by atoms with Gasteiger partial charge in [0.15, 0.2) is 11.5 Å². The molecule has 9 nitrogen and oxygen atoms in total. The SMILES string of the molecule is CCOc1ccc(S(=O)(=O)N(CC)CC)cc1NS(=O)(=O)c1ccc2c(c1)OCCO2. The molecular formula is C20H26N2O7S2. The third-order valence-corrected chi connectivity index (χ3v) is 8.07. The molecule has 3 rings (SSSR count). The van der Waals surface area contributed by atoms with Crippen LogP contribution in [0.25, 0.3) is 0 Å². The molecule has 0 unspecified atom stereocenters. The highest BCUT2D eigenvalue weighted by Crippen LogP contribution is 2.35. The van der Waals surface area contributed by atoms with E-state index in [1.54, 1.807) is 20.8 Å². The first-order valence-corrected chi connectivity index (χ1v) is 12.8. The first-order chi connectivity index (χ1) is 14.7. The maximum atomic E-state index is 13.0. The van der Waals surface area contributed by atoms with Gasteiger partial charge in [0.1, 0.15) is 19.0 Å². The van der Waals surface area contributed by atoms with Crippen molar-refractivity contribution in [3.63, 3.8) is 0 Å². The van der Waals surface area contributed by atoms with Gasteiger partial charge in [-0.25, -0.2) is 16.8 Å². The van der Waals surface area contributed by atoms with Crippen molar-refractivity contribution >= 4 is 25.7 Å². The van der Waals surface area contributed by atoms with Gasteiger partial charge in [0.25, 0.3) is 10.0 Å². The van der Waals surface area contributed by atoms with E-state index in [2.05, 4.69) is 4.72 Å². The summed E-state index contributed by atoms with van der Waals surface area (Å²) in [7, 11) is -7.84. The van der Waals surface area contributed by atoms with Crippen LogP contribution in [0.5, 0.6) is 17.2 Å². The van der Waals surface area contributed by atoms with Crippen LogP contribution >= 0.6 is 0 Å². The number of fused-ring (bicyclic) bond motifs is 1. The predicted molar refractivity (Wildman–Crippen MR) is 116 cm³/mol. The van der Waals surface area contributed by atoms with Gasteiger partial charge in [0.2, 0.25) is 10.0 Å². The number of hydrogen-bond donors (Lipinski definition) is 1. The topological polar surface area (TPSA) is 111 Å². The van der Waals surface area contributed by atoms with Gasteiger partial charge in [-0.05, 0) is 37.3 Å². The van der Waals surface area contributed by atoms with E-state index in [1.165, 1.54) is 40.7 Å². The van der Waals surface area contributed by atoms with Crippen molar-refractivity contribution in [2.24, 2.45) is 0 Å². The lowest BCUT2D eigenvalue weighted by Gasteiger charge is -2.21. The highest BCUT2D eigenvalue weighted by Gasteiger charge is 2.25. The molecule has 0 bridgehead atoms. The van der Waals surface area contributed by atoms with E-state index in [1.807, 2.05) is 0 Å². The average molecular weight is 471 g/mol. The van der Waals surface area contributed by atoms with Crippen molar-refractivity contribution in [2.45, 2.75) is 30.6 Å². The van der Waals surface area contributed by atoms with Crippen LogP contribution in [0.15, 0.2) is 46.2 Å². The molecule has 0 aromatic heterocycles. The van der Waals surface area contributed by atoms with Gasteiger partial charge in [0.05, 0.1) is 22.1 Å². The molecule has 1 N–H and O–H groups in total. The van der Waals surface area contributed by atoms with Crippen molar-refractivity contribution in [3.8, 4) is 17.2 Å². The Balaban J connectivity index is 2.00. The zero-order valence-electron chi connectivity index (χ0n) is 17.6. The second-order valence-electron chi connectivity index (χ2n) is 6.59. The molecule has 11 heteroatoms. The summed E-state index contributed by atoms with van der Waals surface area (Å²) in [6, 6.07) is 8.41. The van der Waals surface area contributed by atoms with Crippen LogP contribution in [0.1, 0.15) is 20.8 Å². The Hall–Kier alpha value is -2.50. The molecule has 0 fully saturated rings. The number of rotatable bonds is 9. The lowest BCUT2D eigenvalue weighted by atomic mass is 10.3. The number of nitrogens with zero attached hydrogens (tertiary/aromatic N) is 1. The third kappa shape index (κ3) is 4.89. The Morgan fingerprint density at radius 3 is 2.19 bits per heavy atom. The molecule has 2 aromatic carbocycles. The van der Waals surface area contributed by atoms with E-state index < -0.39 is 20.0 Å². The number of ether oxygens (including phenoxy) is 3. The van der Waals surface area contributed by atoms with Crippen molar-refractivity contribution in [1.82, 2.24) is 4.31 Å². The number of sulfonamides is 2. The fourth-order valence-corrected chi connectivity index (χ4v) is 5.70. The second kappa shape index (κ2) is 9.33. The molecule has 0 saturated heterocycles. The van der Waals surface area contributed by atoms with Gasteiger partial charge in [-0.1, -0.05) is 13.8 Å². The normalized spacial score (nSPS) is 13.8. The van der Waals surface area contributed by atoms with E-state index in [0.29, 0.717) is 37.8 Å². The van der Waals surface area contributed by atoms with Gasteiger partial charge in [-0.3, -0.25) is 4.72 Å². The molecule has 0 amide bonds. The molecule has 0 spiro atoms. The van der Waals surface area contributed by atoms with E-state index in [0.717, 1.165) is 0 Å². The number of anilines is 1. The summed E-state index contributed by atoms with van der Waals surface area (Å²) in [6.07, 6.45) is 0. The standard InChI is InChI=1S/C20H26N2O7S2/c1-4-22(5-2)31(25,26)16-8-9-18(27-6-3)17(13-16)21-30(23,24)15-7-10-19-20(14-15)29-12-11-28-19/h7-10,13-14,21H,4-6,11-12H2,1-3H3. The van der Waals surface area contributed by atoms with Gasteiger partial charge < -0.3 is 14.2 Å². The van der Waals surface area contributed by atoms with Gasteiger partial charge >= 0.3 is 0 Å².